The summed E-state index contributed by atoms with van der Waals surface area (Å²) in [5.74, 6) is 0.141. The van der Waals surface area contributed by atoms with Crippen molar-refractivity contribution in [1.29, 1.82) is 0 Å². The molecule has 23 heavy (non-hydrogen) atoms. The van der Waals surface area contributed by atoms with E-state index in [2.05, 4.69) is 21.6 Å². The van der Waals surface area contributed by atoms with E-state index < -0.39 is 0 Å². The number of aromatic nitrogens is 5. The third-order valence-electron chi connectivity index (χ3n) is 4.11. The minimum Gasteiger partial charge on any atom is -0.333 e. The minimum atomic E-state index is 0.105. The van der Waals surface area contributed by atoms with Crippen molar-refractivity contribution < 1.29 is 4.79 Å². The quantitative estimate of drug-likeness (QED) is 0.732. The number of hydrogen-bond donors (Lipinski definition) is 0. The average molecular weight is 328 g/mol. The summed E-state index contributed by atoms with van der Waals surface area (Å²) in [7, 11) is 0. The minimum absolute atomic E-state index is 0.105. The van der Waals surface area contributed by atoms with Gasteiger partial charge in [0.15, 0.2) is 0 Å². The lowest BCUT2D eigenvalue weighted by Crippen LogP contribution is -2.31. The number of carbonyl (C=O) groups is 1. The van der Waals surface area contributed by atoms with E-state index in [0.717, 1.165) is 29.9 Å². The first-order chi connectivity index (χ1) is 11.3. The van der Waals surface area contributed by atoms with Gasteiger partial charge in [-0.25, -0.2) is 9.67 Å². The molecule has 0 saturated carbocycles. The molecule has 1 fully saturated rings. The molecule has 8 heteroatoms. The zero-order chi connectivity index (χ0) is 15.6. The molecule has 7 nitrogen and oxygen atoms in total. The Balaban J connectivity index is 1.50. The van der Waals surface area contributed by atoms with E-state index in [9.17, 15) is 4.79 Å². The number of likely N-dealkylation sites (tertiary alicyclic amines) is 1. The number of tetrazole rings is 1. The van der Waals surface area contributed by atoms with Gasteiger partial charge < -0.3 is 4.90 Å². The highest BCUT2D eigenvalue weighted by molar-refractivity contribution is 7.18. The van der Waals surface area contributed by atoms with Crippen LogP contribution in [0.15, 0.2) is 30.6 Å². The molecular weight excluding hydrogens is 312 g/mol. The molecule has 1 amide bonds. The zero-order valence-electron chi connectivity index (χ0n) is 12.5. The van der Waals surface area contributed by atoms with Crippen LogP contribution in [0, 0.1) is 0 Å². The topological polar surface area (TPSA) is 76.8 Å². The van der Waals surface area contributed by atoms with Gasteiger partial charge in [-0.1, -0.05) is 12.1 Å². The number of para-hydroxylation sites is 1. The van der Waals surface area contributed by atoms with Crippen molar-refractivity contribution in [2.24, 2.45) is 0 Å². The van der Waals surface area contributed by atoms with Crippen molar-refractivity contribution in [3.8, 4) is 0 Å². The highest BCUT2D eigenvalue weighted by atomic mass is 32.1. The molecule has 4 rings (SSSR count). The van der Waals surface area contributed by atoms with Crippen molar-refractivity contribution in [1.82, 2.24) is 30.1 Å². The SMILES string of the molecule is O=C(CCn1cnnn1)N1CCC[C@@H]1c1nc2ccccc2s1. The van der Waals surface area contributed by atoms with Gasteiger partial charge in [0.05, 0.1) is 22.8 Å². The Morgan fingerprint density at radius 1 is 1.35 bits per heavy atom. The molecule has 0 bridgehead atoms. The monoisotopic (exact) mass is 328 g/mol. The van der Waals surface area contributed by atoms with Crippen LogP contribution in [0.25, 0.3) is 10.2 Å². The van der Waals surface area contributed by atoms with Crippen LogP contribution < -0.4 is 0 Å². The molecule has 3 aromatic rings. The number of nitrogens with zero attached hydrogens (tertiary/aromatic N) is 6. The molecule has 1 saturated heterocycles. The summed E-state index contributed by atoms with van der Waals surface area (Å²) < 4.78 is 2.76. The Morgan fingerprint density at radius 3 is 3.09 bits per heavy atom. The van der Waals surface area contributed by atoms with E-state index in [0.29, 0.717) is 13.0 Å². The van der Waals surface area contributed by atoms with Gasteiger partial charge in [-0.2, -0.15) is 0 Å². The van der Waals surface area contributed by atoms with Crippen molar-refractivity contribution in [2.45, 2.75) is 31.8 Å². The number of hydrogen-bond acceptors (Lipinski definition) is 6. The summed E-state index contributed by atoms with van der Waals surface area (Å²) in [6, 6.07) is 8.22. The molecule has 0 aliphatic carbocycles. The number of thiazole rings is 1. The Bertz CT molecular complexity index is 781. The molecule has 1 aliphatic rings. The Kier molecular flexibility index (Phi) is 3.74. The van der Waals surface area contributed by atoms with Crippen molar-refractivity contribution in [3.63, 3.8) is 0 Å². The number of amides is 1. The third-order valence-corrected chi connectivity index (χ3v) is 5.25. The lowest BCUT2D eigenvalue weighted by atomic mass is 10.2. The summed E-state index contributed by atoms with van der Waals surface area (Å²) in [6.07, 6.45) is 3.95. The molecule has 0 spiro atoms. The molecule has 1 aliphatic heterocycles. The third kappa shape index (κ3) is 2.81. The number of carbonyl (C=O) groups excluding carboxylic acids is 1. The first kappa shape index (κ1) is 14.3. The summed E-state index contributed by atoms with van der Waals surface area (Å²) in [6.45, 7) is 1.31. The van der Waals surface area contributed by atoms with Crippen LogP contribution in [0.3, 0.4) is 0 Å². The predicted octanol–water partition coefficient (Wildman–Crippen LogP) is 2.04. The Hall–Kier alpha value is -2.35. The second-order valence-electron chi connectivity index (χ2n) is 5.59. The molecule has 0 N–H and O–H groups in total. The van der Waals surface area contributed by atoms with E-state index in [1.54, 1.807) is 16.0 Å². The van der Waals surface area contributed by atoms with Gasteiger partial charge in [-0.05, 0) is 35.4 Å². The average Bonchev–Trinajstić information content (AvgIpc) is 3.31. The van der Waals surface area contributed by atoms with E-state index in [1.165, 1.54) is 11.0 Å². The summed E-state index contributed by atoms with van der Waals surface area (Å²) in [5, 5.41) is 12.0. The van der Waals surface area contributed by atoms with E-state index in [4.69, 9.17) is 4.98 Å². The van der Waals surface area contributed by atoms with Gasteiger partial charge >= 0.3 is 0 Å². The molecule has 3 heterocycles. The number of fused-ring (bicyclic) bond motifs is 1. The smallest absolute Gasteiger partial charge is 0.225 e. The van der Waals surface area contributed by atoms with Gasteiger partial charge in [0.1, 0.15) is 11.3 Å². The molecule has 0 radical (unpaired) electrons. The molecule has 1 aromatic carbocycles. The molecule has 2 aromatic heterocycles. The van der Waals surface area contributed by atoms with Crippen molar-refractivity contribution >= 4 is 27.5 Å². The number of aryl methyl sites for hydroxylation is 1. The largest absolute Gasteiger partial charge is 0.333 e. The summed E-state index contributed by atoms with van der Waals surface area (Å²) >= 11 is 1.69. The maximum absolute atomic E-state index is 12.6. The number of rotatable bonds is 4. The summed E-state index contributed by atoms with van der Waals surface area (Å²) in [4.78, 5) is 19.2. The van der Waals surface area contributed by atoms with Crippen molar-refractivity contribution in [2.75, 3.05) is 6.54 Å². The predicted molar refractivity (Wildman–Crippen MR) is 85.7 cm³/mol. The summed E-state index contributed by atoms with van der Waals surface area (Å²) in [5.41, 5.74) is 1.01. The van der Waals surface area contributed by atoms with E-state index >= 15 is 0 Å². The Morgan fingerprint density at radius 2 is 2.26 bits per heavy atom. The zero-order valence-corrected chi connectivity index (χ0v) is 13.3. The first-order valence-corrected chi connectivity index (χ1v) is 8.48. The maximum Gasteiger partial charge on any atom is 0.225 e. The fourth-order valence-electron chi connectivity index (χ4n) is 2.99. The first-order valence-electron chi connectivity index (χ1n) is 7.67. The molecular formula is C15H16N6OS. The fraction of sp³-hybridized carbons (Fsp3) is 0.400. The highest BCUT2D eigenvalue weighted by Gasteiger charge is 2.31. The Labute approximate surface area is 136 Å². The lowest BCUT2D eigenvalue weighted by molar-refractivity contribution is -0.132. The van der Waals surface area contributed by atoms with Gasteiger partial charge in [0, 0.05) is 13.0 Å². The molecule has 118 valence electrons. The van der Waals surface area contributed by atoms with Crippen LogP contribution in [0.5, 0.6) is 0 Å². The van der Waals surface area contributed by atoms with Gasteiger partial charge in [-0.15, -0.1) is 16.4 Å². The van der Waals surface area contributed by atoms with Crippen LogP contribution in [0.2, 0.25) is 0 Å². The van der Waals surface area contributed by atoms with Gasteiger partial charge in [-0.3, -0.25) is 4.79 Å². The van der Waals surface area contributed by atoms with E-state index in [1.807, 2.05) is 23.1 Å². The normalized spacial score (nSPS) is 17.9. The van der Waals surface area contributed by atoms with Crippen LogP contribution in [0.4, 0.5) is 0 Å². The van der Waals surface area contributed by atoms with Crippen LogP contribution in [-0.2, 0) is 11.3 Å². The fourth-order valence-corrected chi connectivity index (χ4v) is 4.11. The van der Waals surface area contributed by atoms with Gasteiger partial charge in [0.25, 0.3) is 0 Å². The standard InChI is InChI=1S/C15H16N6OS/c22-14(7-9-20-10-16-18-19-20)21-8-3-5-12(21)15-17-11-4-1-2-6-13(11)23-15/h1-2,4,6,10,12H,3,5,7-9H2/t12-/m1/s1. The maximum atomic E-state index is 12.6. The highest BCUT2D eigenvalue weighted by Crippen LogP contribution is 2.36. The van der Waals surface area contributed by atoms with Crippen LogP contribution >= 0.6 is 11.3 Å². The van der Waals surface area contributed by atoms with E-state index in [-0.39, 0.29) is 11.9 Å². The van der Waals surface area contributed by atoms with Crippen molar-refractivity contribution in [3.05, 3.63) is 35.6 Å². The molecule has 1 atom stereocenters. The second kappa shape index (κ2) is 6.04. The second-order valence-corrected chi connectivity index (χ2v) is 6.65. The lowest BCUT2D eigenvalue weighted by Gasteiger charge is -2.23. The number of benzene rings is 1. The van der Waals surface area contributed by atoms with Gasteiger partial charge in [0.2, 0.25) is 5.91 Å². The van der Waals surface area contributed by atoms with Crippen LogP contribution in [0.1, 0.15) is 30.3 Å². The van der Waals surface area contributed by atoms with Crippen LogP contribution in [-0.4, -0.2) is 42.5 Å². The molecule has 0 unspecified atom stereocenters.